The van der Waals surface area contributed by atoms with Crippen LogP contribution in [0, 0.1) is 6.92 Å². The van der Waals surface area contributed by atoms with E-state index in [1.807, 2.05) is 37.3 Å². The highest BCUT2D eigenvalue weighted by Gasteiger charge is 2.04. The molecule has 0 aliphatic rings. The number of hydrogen-bond acceptors (Lipinski definition) is 5. The van der Waals surface area contributed by atoms with Crippen molar-refractivity contribution in [2.45, 2.75) is 13.5 Å². The van der Waals surface area contributed by atoms with Crippen molar-refractivity contribution in [2.24, 2.45) is 0 Å². The van der Waals surface area contributed by atoms with Crippen LogP contribution >= 0.6 is 0 Å². The van der Waals surface area contributed by atoms with E-state index < -0.39 is 0 Å². The van der Waals surface area contributed by atoms with Crippen LogP contribution in [0.1, 0.15) is 11.5 Å². The van der Waals surface area contributed by atoms with Gasteiger partial charge in [0, 0.05) is 17.4 Å². The third-order valence-electron chi connectivity index (χ3n) is 2.83. The first-order chi connectivity index (χ1) is 9.81. The predicted molar refractivity (Wildman–Crippen MR) is 75.9 cm³/mol. The van der Waals surface area contributed by atoms with Crippen molar-refractivity contribution in [3.8, 4) is 11.4 Å². The molecule has 0 atom stereocenters. The molecule has 0 saturated heterocycles. The van der Waals surface area contributed by atoms with Crippen LogP contribution in [0.25, 0.3) is 11.4 Å². The van der Waals surface area contributed by atoms with E-state index in [4.69, 9.17) is 0 Å². The highest BCUT2D eigenvalue weighted by atomic mass is 15.2. The van der Waals surface area contributed by atoms with E-state index in [0.29, 0.717) is 12.4 Å². The van der Waals surface area contributed by atoms with Crippen molar-refractivity contribution < 1.29 is 0 Å². The summed E-state index contributed by atoms with van der Waals surface area (Å²) in [5.74, 6) is 1.51. The largest absolute Gasteiger partial charge is 0.379 e. The second-order valence-corrected chi connectivity index (χ2v) is 4.38. The summed E-state index contributed by atoms with van der Waals surface area (Å²) in [4.78, 5) is 12.4. The maximum absolute atomic E-state index is 4.33. The highest BCUT2D eigenvalue weighted by Crippen LogP contribution is 2.19. The number of H-pyrrole nitrogens is 1. The van der Waals surface area contributed by atoms with Crippen molar-refractivity contribution >= 4 is 5.69 Å². The fourth-order valence-corrected chi connectivity index (χ4v) is 1.86. The summed E-state index contributed by atoms with van der Waals surface area (Å²) in [5.41, 5.74) is 2.92. The van der Waals surface area contributed by atoms with E-state index in [9.17, 15) is 0 Å². The number of benzene rings is 1. The van der Waals surface area contributed by atoms with Crippen LogP contribution in [0.15, 0.2) is 42.9 Å². The van der Waals surface area contributed by atoms with Crippen LogP contribution in [-0.2, 0) is 6.54 Å². The van der Waals surface area contributed by atoms with Crippen LogP contribution in [0.5, 0.6) is 0 Å². The van der Waals surface area contributed by atoms with Crippen LogP contribution < -0.4 is 5.32 Å². The lowest BCUT2D eigenvalue weighted by Crippen LogP contribution is -2.01. The normalized spacial score (nSPS) is 10.4. The molecule has 0 amide bonds. The molecule has 0 fully saturated rings. The lowest BCUT2D eigenvalue weighted by Gasteiger charge is -2.06. The Morgan fingerprint density at radius 3 is 2.95 bits per heavy atom. The Morgan fingerprint density at radius 2 is 2.20 bits per heavy atom. The van der Waals surface area contributed by atoms with Crippen LogP contribution in [0.4, 0.5) is 5.69 Å². The zero-order valence-electron chi connectivity index (χ0n) is 11.0. The number of nitrogens with one attached hydrogen (secondary N) is 2. The molecular weight excluding hydrogens is 252 g/mol. The average Bonchev–Trinajstić information content (AvgIpc) is 2.93. The first-order valence-electron chi connectivity index (χ1n) is 6.29. The van der Waals surface area contributed by atoms with Crippen LogP contribution in [0.3, 0.4) is 0 Å². The molecule has 0 aliphatic heterocycles. The molecule has 20 heavy (non-hydrogen) atoms. The maximum Gasteiger partial charge on any atom is 0.181 e. The SMILES string of the molecule is Cc1nc(-c2cccc(NCc3ccncn3)c2)n[nH]1. The van der Waals surface area contributed by atoms with Crippen LogP contribution in [-0.4, -0.2) is 25.1 Å². The second-order valence-electron chi connectivity index (χ2n) is 4.38. The van der Waals surface area contributed by atoms with Gasteiger partial charge in [0.1, 0.15) is 12.2 Å². The Bertz CT molecular complexity index is 692. The van der Waals surface area contributed by atoms with Crippen LogP contribution in [0.2, 0.25) is 0 Å². The maximum atomic E-state index is 4.33. The van der Waals surface area contributed by atoms with Crippen molar-refractivity contribution in [3.05, 3.63) is 54.4 Å². The van der Waals surface area contributed by atoms with Gasteiger partial charge < -0.3 is 5.32 Å². The Balaban J connectivity index is 1.75. The molecule has 0 aliphatic carbocycles. The molecule has 3 rings (SSSR count). The van der Waals surface area contributed by atoms with Gasteiger partial charge >= 0.3 is 0 Å². The topological polar surface area (TPSA) is 79.4 Å². The predicted octanol–water partition coefficient (Wildman–Crippen LogP) is 2.18. The Hall–Kier alpha value is -2.76. The molecule has 0 unspecified atom stereocenters. The van der Waals surface area contributed by atoms with E-state index in [1.54, 1.807) is 12.5 Å². The molecule has 2 aromatic heterocycles. The summed E-state index contributed by atoms with van der Waals surface area (Å²) in [7, 11) is 0. The molecule has 0 spiro atoms. The van der Waals surface area contributed by atoms with E-state index in [-0.39, 0.29) is 0 Å². The minimum Gasteiger partial charge on any atom is -0.379 e. The monoisotopic (exact) mass is 266 g/mol. The van der Waals surface area contributed by atoms with Gasteiger partial charge in [0.05, 0.1) is 12.2 Å². The number of nitrogens with zero attached hydrogens (tertiary/aromatic N) is 4. The fourth-order valence-electron chi connectivity index (χ4n) is 1.86. The number of anilines is 1. The lowest BCUT2D eigenvalue weighted by molar-refractivity contribution is 1.01. The summed E-state index contributed by atoms with van der Waals surface area (Å²) in [5, 5.41) is 10.3. The summed E-state index contributed by atoms with van der Waals surface area (Å²) in [6.07, 6.45) is 3.28. The molecule has 1 aromatic carbocycles. The number of aromatic nitrogens is 5. The highest BCUT2D eigenvalue weighted by molar-refractivity contribution is 5.62. The molecule has 0 radical (unpaired) electrons. The van der Waals surface area contributed by atoms with Gasteiger partial charge in [-0.2, -0.15) is 5.10 Å². The van der Waals surface area contributed by atoms with Gasteiger partial charge in [-0.1, -0.05) is 12.1 Å². The van der Waals surface area contributed by atoms with Gasteiger partial charge in [-0.15, -0.1) is 0 Å². The van der Waals surface area contributed by atoms with Gasteiger partial charge in [0.15, 0.2) is 5.82 Å². The van der Waals surface area contributed by atoms with Gasteiger partial charge in [0.2, 0.25) is 0 Å². The molecule has 0 saturated carbocycles. The average molecular weight is 266 g/mol. The number of aromatic amines is 1. The minimum atomic E-state index is 0.652. The van der Waals surface area contributed by atoms with E-state index in [2.05, 4.69) is 30.5 Å². The molecule has 3 aromatic rings. The molecule has 6 heteroatoms. The standard InChI is InChI=1S/C14H14N6/c1-10-18-14(20-19-10)11-3-2-4-12(7-11)16-8-13-5-6-15-9-17-13/h2-7,9,16H,8H2,1H3,(H,18,19,20). The van der Waals surface area contributed by atoms with Crippen molar-refractivity contribution in [2.75, 3.05) is 5.32 Å². The van der Waals surface area contributed by atoms with Crippen molar-refractivity contribution in [3.63, 3.8) is 0 Å². The summed E-state index contributed by atoms with van der Waals surface area (Å²) in [6.45, 7) is 2.53. The van der Waals surface area contributed by atoms with Gasteiger partial charge in [0.25, 0.3) is 0 Å². The first-order valence-corrected chi connectivity index (χ1v) is 6.29. The Labute approximate surface area is 116 Å². The first kappa shape index (κ1) is 12.3. The van der Waals surface area contributed by atoms with E-state index in [0.717, 1.165) is 22.8 Å². The molecule has 6 nitrogen and oxygen atoms in total. The minimum absolute atomic E-state index is 0.652. The van der Waals surface area contributed by atoms with Gasteiger partial charge in [-0.25, -0.2) is 15.0 Å². The van der Waals surface area contributed by atoms with E-state index >= 15 is 0 Å². The smallest absolute Gasteiger partial charge is 0.181 e. The third-order valence-corrected chi connectivity index (χ3v) is 2.83. The summed E-state index contributed by atoms with van der Waals surface area (Å²) >= 11 is 0. The number of aryl methyl sites for hydroxylation is 1. The third kappa shape index (κ3) is 2.80. The number of rotatable bonds is 4. The van der Waals surface area contributed by atoms with Gasteiger partial charge in [-0.05, 0) is 25.1 Å². The Kier molecular flexibility index (Phi) is 3.36. The molecule has 100 valence electrons. The second kappa shape index (κ2) is 5.48. The molecule has 2 heterocycles. The molecular formula is C14H14N6. The van der Waals surface area contributed by atoms with Crippen molar-refractivity contribution in [1.29, 1.82) is 0 Å². The fraction of sp³-hybridized carbons (Fsp3) is 0.143. The lowest BCUT2D eigenvalue weighted by atomic mass is 10.2. The Morgan fingerprint density at radius 1 is 1.25 bits per heavy atom. The van der Waals surface area contributed by atoms with Gasteiger partial charge in [-0.3, -0.25) is 5.10 Å². The molecule has 0 bridgehead atoms. The number of hydrogen-bond donors (Lipinski definition) is 2. The zero-order chi connectivity index (χ0) is 13.8. The van der Waals surface area contributed by atoms with Crippen molar-refractivity contribution in [1.82, 2.24) is 25.1 Å². The van der Waals surface area contributed by atoms with E-state index in [1.165, 1.54) is 0 Å². The quantitative estimate of drug-likeness (QED) is 0.756. The summed E-state index contributed by atoms with van der Waals surface area (Å²) in [6, 6.07) is 9.87. The zero-order valence-corrected chi connectivity index (χ0v) is 11.0. The summed E-state index contributed by atoms with van der Waals surface area (Å²) < 4.78 is 0. The molecule has 2 N–H and O–H groups in total.